The number of carbonyl (C=O) groups excluding carboxylic acids is 1. The Morgan fingerprint density at radius 1 is 1.10 bits per heavy atom. The average Bonchev–Trinajstić information content (AvgIpc) is 3.45. The van der Waals surface area contributed by atoms with E-state index >= 15 is 0 Å². The van der Waals surface area contributed by atoms with Gasteiger partial charge >= 0.3 is 5.97 Å². The molecule has 1 amide bonds. The lowest BCUT2D eigenvalue weighted by Gasteiger charge is -2.32. The van der Waals surface area contributed by atoms with Crippen LogP contribution in [0.2, 0.25) is 0 Å². The maximum Gasteiger partial charge on any atom is 0.306 e. The van der Waals surface area contributed by atoms with Gasteiger partial charge < -0.3 is 15.0 Å². The molecule has 2 aromatic heterocycles. The highest BCUT2D eigenvalue weighted by molar-refractivity contribution is 7.89. The van der Waals surface area contributed by atoms with Crippen molar-refractivity contribution in [1.82, 2.24) is 24.9 Å². The van der Waals surface area contributed by atoms with Crippen molar-refractivity contribution in [2.75, 3.05) is 0 Å². The number of nitrogens with one attached hydrogen (secondary N) is 2. The molecule has 5 rings (SSSR count). The summed E-state index contributed by atoms with van der Waals surface area (Å²) in [6, 6.07) is 4.83. The zero-order valence-corrected chi connectivity index (χ0v) is 24.2. The minimum Gasteiger partial charge on any atom is -0.481 e. The Balaban J connectivity index is 1.54. The average molecular weight is 572 g/mol. The van der Waals surface area contributed by atoms with Crippen LogP contribution in [0.3, 0.4) is 0 Å². The van der Waals surface area contributed by atoms with Gasteiger partial charge in [0.1, 0.15) is 10.4 Å². The Morgan fingerprint density at radius 2 is 1.77 bits per heavy atom. The van der Waals surface area contributed by atoms with E-state index < -0.39 is 27.4 Å². The van der Waals surface area contributed by atoms with Crippen molar-refractivity contribution in [3.63, 3.8) is 0 Å². The molecule has 0 atom stereocenters. The standard InChI is InChI=1S/C28H37N5O6S/c1-16-21(26(34)29-19-12-18(13-19)27(35)36)14-22(33(16)15-17-8-6-5-7-9-17)20-10-11-23(25-24(20)30-39-31-25)40(37,38)32-28(2,3)4/h10-11,14,17-19,32H,5-9,12-13,15H2,1-4H3,(H,29,34)(H,35,36). The lowest BCUT2D eigenvalue weighted by molar-refractivity contribution is -0.145. The van der Waals surface area contributed by atoms with Gasteiger partial charge in [-0.25, -0.2) is 17.8 Å². The molecule has 2 aliphatic carbocycles. The Bertz CT molecular complexity index is 1540. The lowest BCUT2D eigenvalue weighted by Crippen LogP contribution is -2.46. The van der Waals surface area contributed by atoms with Crippen molar-refractivity contribution >= 4 is 32.9 Å². The van der Waals surface area contributed by atoms with Gasteiger partial charge in [-0.3, -0.25) is 9.59 Å². The minimum absolute atomic E-state index is 0.0273. The number of hydrogen-bond donors (Lipinski definition) is 3. The first kappa shape index (κ1) is 28.3. The number of carbonyl (C=O) groups is 2. The maximum absolute atomic E-state index is 13.4. The fraction of sp³-hybridized carbons (Fsp3) is 0.571. The maximum atomic E-state index is 13.4. The summed E-state index contributed by atoms with van der Waals surface area (Å²) >= 11 is 0. The van der Waals surface area contributed by atoms with E-state index in [0.717, 1.165) is 30.8 Å². The van der Waals surface area contributed by atoms with Crippen LogP contribution in [-0.2, 0) is 21.4 Å². The van der Waals surface area contributed by atoms with Gasteiger partial charge in [-0.1, -0.05) is 19.3 Å². The number of sulfonamides is 1. The summed E-state index contributed by atoms with van der Waals surface area (Å²) in [5.41, 5.74) is 2.38. The summed E-state index contributed by atoms with van der Waals surface area (Å²) in [6.45, 7) is 7.91. The van der Waals surface area contributed by atoms with Crippen LogP contribution in [0.4, 0.5) is 0 Å². The van der Waals surface area contributed by atoms with E-state index in [0.29, 0.717) is 35.4 Å². The first-order valence-corrected chi connectivity index (χ1v) is 15.4. The van der Waals surface area contributed by atoms with Crippen molar-refractivity contribution in [3.05, 3.63) is 29.5 Å². The SMILES string of the molecule is Cc1c(C(=O)NC2CC(C(=O)O)C2)cc(-c2ccc(S(=O)(=O)NC(C)(C)C)c3nonc23)n1CC1CCCCC1. The number of rotatable bonds is 8. The highest BCUT2D eigenvalue weighted by Gasteiger charge is 2.36. The molecule has 2 heterocycles. The van der Waals surface area contributed by atoms with E-state index in [-0.39, 0.29) is 22.4 Å². The van der Waals surface area contributed by atoms with Gasteiger partial charge in [0.05, 0.1) is 17.2 Å². The van der Waals surface area contributed by atoms with Crippen molar-refractivity contribution in [2.45, 2.75) is 95.7 Å². The van der Waals surface area contributed by atoms with Crippen molar-refractivity contribution in [2.24, 2.45) is 11.8 Å². The molecule has 0 unspecified atom stereocenters. The van der Waals surface area contributed by atoms with Crippen LogP contribution in [-0.4, -0.2) is 51.9 Å². The van der Waals surface area contributed by atoms with E-state index in [1.165, 1.54) is 25.3 Å². The fourth-order valence-corrected chi connectivity index (χ4v) is 7.44. The van der Waals surface area contributed by atoms with Crippen LogP contribution >= 0.6 is 0 Å². The van der Waals surface area contributed by atoms with Gasteiger partial charge in [0.2, 0.25) is 10.0 Å². The minimum atomic E-state index is -3.91. The molecular formula is C28H37N5O6S. The van der Waals surface area contributed by atoms with Crippen LogP contribution in [0.15, 0.2) is 27.7 Å². The monoisotopic (exact) mass is 571 g/mol. The van der Waals surface area contributed by atoms with E-state index in [1.807, 2.05) is 13.0 Å². The highest BCUT2D eigenvalue weighted by atomic mass is 32.2. The molecule has 40 heavy (non-hydrogen) atoms. The van der Waals surface area contributed by atoms with Crippen molar-refractivity contribution in [3.8, 4) is 11.3 Å². The summed E-state index contributed by atoms with van der Waals surface area (Å²) in [4.78, 5) is 24.5. The third-order valence-electron chi connectivity index (χ3n) is 7.98. The summed E-state index contributed by atoms with van der Waals surface area (Å²) in [6.07, 6.45) is 6.61. The number of fused-ring (bicyclic) bond motifs is 1. The van der Waals surface area contributed by atoms with Gasteiger partial charge in [0.25, 0.3) is 5.91 Å². The van der Waals surface area contributed by atoms with E-state index in [9.17, 15) is 23.1 Å². The molecule has 0 bridgehead atoms. The van der Waals surface area contributed by atoms with E-state index in [1.54, 1.807) is 26.8 Å². The fourth-order valence-electron chi connectivity index (χ4n) is 5.89. The number of aliphatic carboxylic acids is 1. The van der Waals surface area contributed by atoms with Gasteiger partial charge in [-0.2, -0.15) is 0 Å². The largest absolute Gasteiger partial charge is 0.481 e. The predicted molar refractivity (Wildman–Crippen MR) is 148 cm³/mol. The molecule has 2 saturated carbocycles. The zero-order valence-electron chi connectivity index (χ0n) is 23.4. The van der Waals surface area contributed by atoms with Gasteiger partial charge in [0.15, 0.2) is 5.52 Å². The second-order valence-corrected chi connectivity index (χ2v) is 13.9. The summed E-state index contributed by atoms with van der Waals surface area (Å²) in [5.74, 6) is -1.05. The number of benzene rings is 1. The number of carboxylic acid groups (broad SMARTS) is 1. The first-order valence-electron chi connectivity index (χ1n) is 13.9. The summed E-state index contributed by atoms with van der Waals surface area (Å²) < 4.78 is 36.2. The number of amides is 1. The smallest absolute Gasteiger partial charge is 0.306 e. The summed E-state index contributed by atoms with van der Waals surface area (Å²) in [7, 11) is -3.91. The molecule has 11 nitrogen and oxygen atoms in total. The van der Waals surface area contributed by atoms with Gasteiger partial charge in [-0.05, 0) is 87.8 Å². The van der Waals surface area contributed by atoms with E-state index in [2.05, 4.69) is 24.9 Å². The van der Waals surface area contributed by atoms with Crippen molar-refractivity contribution < 1.29 is 27.7 Å². The number of aromatic nitrogens is 3. The molecule has 0 saturated heterocycles. The summed E-state index contributed by atoms with van der Waals surface area (Å²) in [5, 5.41) is 20.2. The second kappa shape index (κ2) is 10.6. The highest BCUT2D eigenvalue weighted by Crippen LogP contribution is 2.36. The normalized spacial score (nSPS) is 20.4. The van der Waals surface area contributed by atoms with Gasteiger partial charge in [0, 0.05) is 29.4 Å². The molecule has 0 radical (unpaired) electrons. The first-order chi connectivity index (χ1) is 18.8. The van der Waals surface area contributed by atoms with Crippen LogP contribution in [0.25, 0.3) is 22.3 Å². The Labute approximate surface area is 233 Å². The Kier molecular flexibility index (Phi) is 7.51. The molecule has 0 aliphatic heterocycles. The molecule has 2 aliphatic rings. The zero-order chi connectivity index (χ0) is 28.8. The topological polar surface area (TPSA) is 156 Å². The number of nitrogens with zero attached hydrogens (tertiary/aromatic N) is 3. The molecule has 3 N–H and O–H groups in total. The lowest BCUT2D eigenvalue weighted by atomic mass is 9.80. The molecule has 1 aromatic carbocycles. The van der Waals surface area contributed by atoms with Gasteiger partial charge in [-0.15, -0.1) is 0 Å². The molecule has 0 spiro atoms. The third kappa shape index (κ3) is 5.64. The van der Waals surface area contributed by atoms with Crippen LogP contribution in [0.5, 0.6) is 0 Å². The molecule has 2 fully saturated rings. The van der Waals surface area contributed by atoms with Crippen LogP contribution < -0.4 is 10.0 Å². The predicted octanol–water partition coefficient (Wildman–Crippen LogP) is 4.25. The van der Waals surface area contributed by atoms with E-state index in [4.69, 9.17) is 4.63 Å². The number of carboxylic acids is 1. The molecular weight excluding hydrogens is 534 g/mol. The Morgan fingerprint density at radius 3 is 2.42 bits per heavy atom. The van der Waals surface area contributed by atoms with Crippen LogP contribution in [0, 0.1) is 18.8 Å². The third-order valence-corrected chi connectivity index (χ3v) is 9.77. The number of hydrogen-bond acceptors (Lipinski definition) is 7. The van der Waals surface area contributed by atoms with Crippen LogP contribution in [0.1, 0.15) is 81.8 Å². The quantitative estimate of drug-likeness (QED) is 0.362. The molecule has 216 valence electrons. The molecule has 3 aromatic rings. The second-order valence-electron chi connectivity index (χ2n) is 12.2. The Hall–Kier alpha value is -3.25. The molecule has 12 heteroatoms. The van der Waals surface area contributed by atoms with Crippen molar-refractivity contribution in [1.29, 1.82) is 0 Å².